The van der Waals surface area contributed by atoms with Gasteiger partial charge in [0.25, 0.3) is 0 Å². The van der Waals surface area contributed by atoms with Crippen LogP contribution in [-0.4, -0.2) is 36.8 Å². The van der Waals surface area contributed by atoms with Gasteiger partial charge in [0.15, 0.2) is 0 Å². The minimum Gasteiger partial charge on any atom is -0.393 e. The first-order valence-electron chi connectivity index (χ1n) is 12.3. The van der Waals surface area contributed by atoms with Gasteiger partial charge < -0.3 is 10.2 Å². The second-order valence-corrected chi connectivity index (χ2v) is 11.8. The highest BCUT2D eigenvalue weighted by Gasteiger charge is 2.68. The van der Waals surface area contributed by atoms with E-state index in [1.54, 1.807) is 12.1 Å². The van der Waals surface area contributed by atoms with E-state index in [0.29, 0.717) is 12.8 Å². The summed E-state index contributed by atoms with van der Waals surface area (Å²) in [6.45, 7) is 4.25. The third-order valence-corrected chi connectivity index (χ3v) is 10.4. The van der Waals surface area contributed by atoms with Crippen molar-refractivity contribution in [2.75, 3.05) is 0 Å². The second-order valence-electron chi connectivity index (χ2n) is 11.4. The Balaban J connectivity index is 1.38. The molecule has 3 fully saturated rings. The Labute approximate surface area is 204 Å². The van der Waals surface area contributed by atoms with Crippen molar-refractivity contribution in [3.05, 3.63) is 53.1 Å². The van der Waals surface area contributed by atoms with Crippen molar-refractivity contribution >= 4 is 23.8 Å². The van der Waals surface area contributed by atoms with Crippen molar-refractivity contribution in [3.63, 3.8) is 0 Å². The molecule has 1 aromatic carbocycles. The van der Waals surface area contributed by atoms with E-state index in [2.05, 4.69) is 30.7 Å². The quantitative estimate of drug-likeness (QED) is 0.557. The molecule has 7 heteroatoms. The Morgan fingerprint density at radius 1 is 1.24 bits per heavy atom. The molecule has 3 saturated carbocycles. The molecule has 5 unspecified atom stereocenters. The molecule has 4 aliphatic carbocycles. The van der Waals surface area contributed by atoms with Gasteiger partial charge in [0, 0.05) is 5.41 Å². The van der Waals surface area contributed by atoms with Gasteiger partial charge in [0.1, 0.15) is 11.4 Å². The van der Waals surface area contributed by atoms with Crippen LogP contribution in [0, 0.1) is 34.4 Å². The summed E-state index contributed by atoms with van der Waals surface area (Å²) in [5.41, 5.74) is 1.97. The summed E-state index contributed by atoms with van der Waals surface area (Å²) in [6.07, 6.45) is 7.77. The molecule has 0 spiro atoms. The van der Waals surface area contributed by atoms with Crippen LogP contribution in [0.15, 0.2) is 36.0 Å². The number of aromatic nitrogens is 2. The monoisotopic (exact) mass is 482 g/mol. The van der Waals surface area contributed by atoms with E-state index < -0.39 is 22.2 Å². The first kappa shape index (κ1) is 22.5. The van der Waals surface area contributed by atoms with Gasteiger partial charge in [-0.2, -0.15) is 5.10 Å². The molecule has 1 aromatic heterocycles. The van der Waals surface area contributed by atoms with Crippen LogP contribution in [0.3, 0.4) is 0 Å². The summed E-state index contributed by atoms with van der Waals surface area (Å²) in [5.74, 6) is 0.214. The number of rotatable bonds is 2. The molecule has 2 aromatic rings. The molecule has 0 aliphatic heterocycles. The fourth-order valence-corrected chi connectivity index (χ4v) is 8.70. The summed E-state index contributed by atoms with van der Waals surface area (Å²) in [5, 5.41) is 27.0. The summed E-state index contributed by atoms with van der Waals surface area (Å²) in [4.78, 5) is 12.4. The third-order valence-electron chi connectivity index (χ3n) is 10.0. The number of aliphatic hydroxyl groups excluding tert-OH is 1. The first-order valence-corrected chi connectivity index (χ1v) is 12.7. The van der Waals surface area contributed by atoms with Crippen LogP contribution < -0.4 is 0 Å². The number of hydrogen-bond acceptors (Lipinski definition) is 4. The number of halogens is 1. The van der Waals surface area contributed by atoms with Crippen molar-refractivity contribution < 1.29 is 19.4 Å². The first-order chi connectivity index (χ1) is 16.1. The van der Waals surface area contributed by atoms with E-state index in [1.165, 1.54) is 17.7 Å². The van der Waals surface area contributed by atoms with Gasteiger partial charge in [-0.15, -0.1) is 12.6 Å². The fraction of sp³-hybridized carbons (Fsp3) is 0.556. The normalized spacial score (nSPS) is 40.6. The molecule has 0 saturated heterocycles. The average molecular weight is 483 g/mol. The Hall–Kier alpha value is -1.96. The number of hydrogen-bond donors (Lipinski definition) is 3. The Morgan fingerprint density at radius 3 is 2.68 bits per heavy atom. The van der Waals surface area contributed by atoms with Crippen molar-refractivity contribution in [2.45, 2.75) is 64.1 Å². The highest BCUT2D eigenvalue weighted by Crippen LogP contribution is 2.67. The minimum atomic E-state index is -1.47. The zero-order valence-electron chi connectivity index (χ0n) is 19.5. The van der Waals surface area contributed by atoms with Gasteiger partial charge >= 0.3 is 0 Å². The van der Waals surface area contributed by atoms with Gasteiger partial charge in [-0.1, -0.05) is 19.4 Å². The maximum absolute atomic E-state index is 13.4. The number of thiol groups is 1. The lowest BCUT2D eigenvalue weighted by Crippen LogP contribution is -2.61. The summed E-state index contributed by atoms with van der Waals surface area (Å²) < 4.78 is 15.3. The van der Waals surface area contributed by atoms with Gasteiger partial charge in [0.2, 0.25) is 5.12 Å². The molecular weight excluding hydrogens is 451 g/mol. The van der Waals surface area contributed by atoms with Crippen molar-refractivity contribution in [1.82, 2.24) is 9.78 Å². The summed E-state index contributed by atoms with van der Waals surface area (Å²) in [6, 6.07) is 6.37. The minimum absolute atomic E-state index is 0.0604. The highest BCUT2D eigenvalue weighted by molar-refractivity contribution is 7.96. The lowest BCUT2D eigenvalue weighted by Gasteiger charge is -2.60. The van der Waals surface area contributed by atoms with Gasteiger partial charge in [-0.05, 0) is 97.6 Å². The maximum atomic E-state index is 13.4. The molecule has 34 heavy (non-hydrogen) atoms. The largest absolute Gasteiger partial charge is 0.393 e. The maximum Gasteiger partial charge on any atom is 0.218 e. The lowest BCUT2D eigenvalue weighted by molar-refractivity contribution is -0.173. The number of nitrogens with zero attached hydrogens (tertiary/aromatic N) is 2. The number of fused-ring (bicyclic) bond motifs is 6. The number of allylic oxidation sites excluding steroid dienone is 1. The molecular formula is C27H31FN2O3S. The van der Waals surface area contributed by atoms with E-state index in [0.717, 1.165) is 42.6 Å². The Kier molecular flexibility index (Phi) is 4.82. The lowest BCUT2D eigenvalue weighted by atomic mass is 9.45. The van der Waals surface area contributed by atoms with Crippen molar-refractivity contribution in [3.8, 4) is 5.69 Å². The standard InChI is InChI=1S/C27H31FN2O3S/c1-25-12-15-14-29-30(18-6-4-17(28)5-7-18)21(15)11-16(25)3-8-19-20-9-10-27(33,24(32)34)26(20,2)13-22(31)23(19)25/h4-7,11,14,19-20,22-23,31,33H,3,8-10,12-13H2,1-2H3,(H,32,34)/t19?,20-,22?,23+,25?,26?,27?/m0/s1. The fourth-order valence-electron chi connectivity index (χ4n) is 8.33. The van der Waals surface area contributed by atoms with E-state index >= 15 is 0 Å². The topological polar surface area (TPSA) is 75.3 Å². The van der Waals surface area contributed by atoms with Crippen LogP contribution in [0.4, 0.5) is 4.39 Å². The molecule has 6 rings (SSSR count). The molecule has 4 aliphatic rings. The zero-order chi connectivity index (χ0) is 24.0. The molecule has 1 heterocycles. The van der Waals surface area contributed by atoms with Crippen LogP contribution in [0.25, 0.3) is 11.8 Å². The summed E-state index contributed by atoms with van der Waals surface area (Å²) in [7, 11) is 0. The van der Waals surface area contributed by atoms with Crippen molar-refractivity contribution in [2.24, 2.45) is 28.6 Å². The van der Waals surface area contributed by atoms with Crippen molar-refractivity contribution in [1.29, 1.82) is 0 Å². The van der Waals surface area contributed by atoms with Gasteiger partial charge in [-0.25, -0.2) is 9.07 Å². The number of carbonyl (C=O) groups is 1. The number of benzene rings is 1. The van der Waals surface area contributed by atoms with Gasteiger partial charge in [0.05, 0.1) is 23.7 Å². The van der Waals surface area contributed by atoms with E-state index in [-0.39, 0.29) is 29.0 Å². The smallest absolute Gasteiger partial charge is 0.218 e. The third kappa shape index (κ3) is 2.80. The molecule has 0 radical (unpaired) electrons. The van der Waals surface area contributed by atoms with Crippen LogP contribution in [-0.2, 0) is 11.2 Å². The van der Waals surface area contributed by atoms with Crippen LogP contribution in [0.1, 0.15) is 57.2 Å². The van der Waals surface area contributed by atoms with E-state index in [1.807, 2.05) is 17.8 Å². The predicted molar refractivity (Wildman–Crippen MR) is 130 cm³/mol. The molecule has 7 atom stereocenters. The molecule has 0 amide bonds. The highest BCUT2D eigenvalue weighted by atomic mass is 32.1. The van der Waals surface area contributed by atoms with E-state index in [4.69, 9.17) is 0 Å². The molecule has 5 nitrogen and oxygen atoms in total. The second kappa shape index (κ2) is 7.28. The average Bonchev–Trinajstić information content (AvgIpc) is 3.30. The Morgan fingerprint density at radius 2 is 1.97 bits per heavy atom. The van der Waals surface area contributed by atoms with E-state index in [9.17, 15) is 19.4 Å². The molecule has 2 N–H and O–H groups in total. The van der Waals surface area contributed by atoms with Crippen LogP contribution in [0.2, 0.25) is 0 Å². The molecule has 180 valence electrons. The Bertz CT molecular complexity index is 1210. The van der Waals surface area contributed by atoms with Crippen LogP contribution >= 0.6 is 12.6 Å². The number of carbonyl (C=O) groups excluding carboxylic acids is 1. The SMILES string of the molecule is CC12Cc3cnn(-c4ccc(F)cc4)c3C=C1CCC1[C@@H]2C(O)CC2(C)[C@H]1CCC2(O)C(=O)S. The number of aliphatic hydroxyl groups is 2. The molecule has 0 bridgehead atoms. The summed E-state index contributed by atoms with van der Waals surface area (Å²) >= 11 is 4.05. The predicted octanol–water partition coefficient (Wildman–Crippen LogP) is 4.35. The zero-order valence-corrected chi connectivity index (χ0v) is 20.4. The van der Waals surface area contributed by atoms with Crippen LogP contribution in [0.5, 0.6) is 0 Å². The van der Waals surface area contributed by atoms with Gasteiger partial charge in [-0.3, -0.25) is 4.79 Å².